The average Bonchev–Trinajstić information content (AvgIpc) is 2.45. The third-order valence-corrected chi connectivity index (χ3v) is 4.65. The van der Waals surface area contributed by atoms with Gasteiger partial charge in [0.2, 0.25) is 0 Å². The van der Waals surface area contributed by atoms with Gasteiger partial charge in [-0.1, -0.05) is 49.2 Å². The molecule has 0 spiro atoms. The molecule has 23 heavy (non-hydrogen) atoms. The smallest absolute Gasteiger partial charge is 0.134 e. The van der Waals surface area contributed by atoms with Crippen LogP contribution in [0.5, 0.6) is 0 Å². The lowest BCUT2D eigenvalue weighted by Gasteiger charge is -2.17. The number of halogens is 3. The molecule has 0 saturated heterocycles. The van der Waals surface area contributed by atoms with E-state index in [1.54, 1.807) is 18.2 Å². The van der Waals surface area contributed by atoms with E-state index < -0.39 is 6.10 Å². The van der Waals surface area contributed by atoms with Crippen molar-refractivity contribution < 1.29 is 9.50 Å². The zero-order chi connectivity index (χ0) is 17.1. The van der Waals surface area contributed by atoms with Crippen LogP contribution in [0.2, 0.25) is 10.3 Å². The molecule has 0 radical (unpaired) electrons. The molecular weight excluding hydrogens is 355 g/mol. The summed E-state index contributed by atoms with van der Waals surface area (Å²) in [6, 6.07) is 6.56. The fourth-order valence-corrected chi connectivity index (χ4v) is 3.13. The molecule has 1 aromatic heterocycles. The number of aliphatic hydroxyl groups is 1. The highest BCUT2D eigenvalue weighted by Crippen LogP contribution is 2.33. The van der Waals surface area contributed by atoms with Crippen LogP contribution in [-0.2, 0) is 6.42 Å². The van der Waals surface area contributed by atoms with Crippen LogP contribution in [0.15, 0.2) is 24.3 Å². The van der Waals surface area contributed by atoms with Gasteiger partial charge in [0.15, 0.2) is 0 Å². The lowest BCUT2D eigenvalue weighted by atomic mass is 9.94. The number of benzene rings is 1. The van der Waals surface area contributed by atoms with Gasteiger partial charge < -0.3 is 5.11 Å². The van der Waals surface area contributed by atoms with Crippen molar-refractivity contribution in [1.82, 2.24) is 4.98 Å². The summed E-state index contributed by atoms with van der Waals surface area (Å²) in [5.41, 5.74) is 1.75. The second-order valence-electron chi connectivity index (χ2n) is 5.85. The Hall–Kier alpha value is -0.730. The Balaban J connectivity index is 2.45. The maximum absolute atomic E-state index is 14.3. The van der Waals surface area contributed by atoms with Crippen molar-refractivity contribution in [1.29, 1.82) is 0 Å². The monoisotopic (exact) mass is 373 g/mol. The Morgan fingerprint density at radius 3 is 2.52 bits per heavy atom. The summed E-state index contributed by atoms with van der Waals surface area (Å²) < 4.78 is 14.3. The van der Waals surface area contributed by atoms with Gasteiger partial charge in [0.25, 0.3) is 0 Å². The molecule has 0 saturated carbocycles. The summed E-state index contributed by atoms with van der Waals surface area (Å²) in [6.07, 6.45) is 0.574. The lowest BCUT2D eigenvalue weighted by Crippen LogP contribution is -2.15. The molecule has 2 atom stereocenters. The molecule has 0 aliphatic rings. The second-order valence-corrected chi connectivity index (χ2v) is 7.26. The fourth-order valence-electron chi connectivity index (χ4n) is 2.36. The number of hydrogen-bond donors (Lipinski definition) is 1. The first-order valence-electron chi connectivity index (χ1n) is 7.38. The number of rotatable bonds is 5. The van der Waals surface area contributed by atoms with Crippen molar-refractivity contribution >= 4 is 37.7 Å². The Bertz CT molecular complexity index is 709. The van der Waals surface area contributed by atoms with E-state index >= 15 is 0 Å². The van der Waals surface area contributed by atoms with Crippen LogP contribution in [0.4, 0.5) is 4.39 Å². The summed E-state index contributed by atoms with van der Waals surface area (Å²) >= 11 is 12.2. The molecule has 0 fully saturated rings. The zero-order valence-corrected chi connectivity index (χ0v) is 15.7. The number of aliphatic hydroxyl groups excluding tert-OH is 1. The van der Waals surface area contributed by atoms with Gasteiger partial charge in [-0.3, -0.25) is 0 Å². The minimum Gasteiger partial charge on any atom is -0.393 e. The predicted octanol–water partition coefficient (Wildman–Crippen LogP) is 4.64. The van der Waals surface area contributed by atoms with Crippen molar-refractivity contribution in [3.05, 3.63) is 46.0 Å². The molecule has 0 amide bonds. The highest BCUT2D eigenvalue weighted by Gasteiger charge is 2.18. The van der Waals surface area contributed by atoms with E-state index in [0.717, 1.165) is 5.30 Å². The van der Waals surface area contributed by atoms with E-state index in [2.05, 4.69) is 14.2 Å². The minimum atomic E-state index is -0.450. The van der Waals surface area contributed by atoms with Crippen LogP contribution in [0, 0.1) is 11.7 Å². The molecule has 2 rings (SSSR count). The van der Waals surface area contributed by atoms with Crippen molar-refractivity contribution in [2.75, 3.05) is 0 Å². The molecule has 124 valence electrons. The molecule has 1 heterocycles. The van der Waals surface area contributed by atoms with Crippen LogP contribution >= 0.6 is 32.4 Å². The largest absolute Gasteiger partial charge is 0.393 e. The SMILES string of the molecule is CC(C)C(O)CCc1c(-c2ccc(P)cc2F)cc(Cl)nc1Cl. The Morgan fingerprint density at radius 2 is 1.91 bits per heavy atom. The molecular formula is C17H19Cl2FNOP. The summed E-state index contributed by atoms with van der Waals surface area (Å²) in [5, 5.41) is 11.2. The zero-order valence-electron chi connectivity index (χ0n) is 13.0. The first kappa shape index (κ1) is 18.6. The van der Waals surface area contributed by atoms with Gasteiger partial charge in [-0.2, -0.15) is 0 Å². The number of pyridine rings is 1. The van der Waals surface area contributed by atoms with E-state index in [1.165, 1.54) is 6.07 Å². The molecule has 1 N–H and O–H groups in total. The van der Waals surface area contributed by atoms with Gasteiger partial charge in [0.1, 0.15) is 16.1 Å². The Kier molecular flexibility index (Phi) is 6.39. The normalized spacial score (nSPS) is 12.7. The predicted molar refractivity (Wildman–Crippen MR) is 98.2 cm³/mol. The van der Waals surface area contributed by atoms with Crippen LogP contribution in [0.25, 0.3) is 11.1 Å². The number of aromatic nitrogens is 1. The summed E-state index contributed by atoms with van der Waals surface area (Å²) in [6.45, 7) is 3.90. The van der Waals surface area contributed by atoms with Crippen LogP contribution < -0.4 is 5.30 Å². The average molecular weight is 374 g/mol. The molecule has 0 bridgehead atoms. The van der Waals surface area contributed by atoms with Gasteiger partial charge in [-0.15, -0.1) is 9.24 Å². The molecule has 2 nitrogen and oxygen atoms in total. The highest BCUT2D eigenvalue weighted by atomic mass is 35.5. The number of nitrogens with zero attached hydrogens (tertiary/aromatic N) is 1. The molecule has 0 aliphatic heterocycles. The summed E-state index contributed by atoms with van der Waals surface area (Å²) in [4.78, 5) is 4.05. The molecule has 6 heteroatoms. The van der Waals surface area contributed by atoms with Crippen LogP contribution in [0.1, 0.15) is 25.8 Å². The van der Waals surface area contributed by atoms with Crippen molar-refractivity contribution in [3.8, 4) is 11.1 Å². The van der Waals surface area contributed by atoms with Crippen molar-refractivity contribution in [2.45, 2.75) is 32.8 Å². The Labute approximate surface area is 148 Å². The fraction of sp³-hybridized carbons (Fsp3) is 0.353. The molecule has 1 aromatic carbocycles. The van der Waals surface area contributed by atoms with Gasteiger partial charge in [0.05, 0.1) is 6.10 Å². The van der Waals surface area contributed by atoms with E-state index in [-0.39, 0.29) is 22.0 Å². The van der Waals surface area contributed by atoms with Crippen LogP contribution in [0.3, 0.4) is 0 Å². The first-order chi connectivity index (χ1) is 10.8. The van der Waals surface area contributed by atoms with E-state index in [4.69, 9.17) is 23.2 Å². The quantitative estimate of drug-likeness (QED) is 0.611. The Morgan fingerprint density at radius 1 is 1.22 bits per heavy atom. The van der Waals surface area contributed by atoms with E-state index in [1.807, 2.05) is 13.8 Å². The first-order valence-corrected chi connectivity index (χ1v) is 8.71. The highest BCUT2D eigenvalue weighted by molar-refractivity contribution is 7.27. The van der Waals surface area contributed by atoms with Gasteiger partial charge >= 0.3 is 0 Å². The van der Waals surface area contributed by atoms with Gasteiger partial charge in [0, 0.05) is 5.56 Å². The standard InChI is InChI=1S/C17H19Cl2FNOP/c1-9(2)15(22)6-5-12-13(8-16(18)21-17(12)19)11-4-3-10(23)7-14(11)20/h3-4,7-9,15,22H,5-6,23H2,1-2H3. The lowest BCUT2D eigenvalue weighted by molar-refractivity contribution is 0.116. The molecule has 0 aliphatic carbocycles. The minimum absolute atomic E-state index is 0.144. The molecule has 2 unspecified atom stereocenters. The maximum atomic E-state index is 14.3. The number of hydrogen-bond acceptors (Lipinski definition) is 2. The topological polar surface area (TPSA) is 33.1 Å². The van der Waals surface area contributed by atoms with E-state index in [0.29, 0.717) is 29.5 Å². The van der Waals surface area contributed by atoms with Gasteiger partial charge in [-0.05, 0) is 47.3 Å². The van der Waals surface area contributed by atoms with Gasteiger partial charge in [-0.25, -0.2) is 9.37 Å². The van der Waals surface area contributed by atoms with E-state index in [9.17, 15) is 9.50 Å². The van der Waals surface area contributed by atoms with Crippen molar-refractivity contribution in [2.24, 2.45) is 5.92 Å². The third kappa shape index (κ3) is 4.64. The summed E-state index contributed by atoms with van der Waals surface area (Å²) in [7, 11) is 2.46. The van der Waals surface area contributed by atoms with Crippen molar-refractivity contribution in [3.63, 3.8) is 0 Å². The van der Waals surface area contributed by atoms with Crippen LogP contribution in [-0.4, -0.2) is 16.2 Å². The maximum Gasteiger partial charge on any atom is 0.134 e. The molecule has 2 aromatic rings. The third-order valence-electron chi connectivity index (χ3n) is 3.79. The summed E-state index contributed by atoms with van der Waals surface area (Å²) in [5.74, 6) is -0.202. The second kappa shape index (κ2) is 7.90.